The first-order valence-corrected chi connectivity index (χ1v) is 9.96. The SMILES string of the molecule is C[C@@H]1CC2=CC(=O)CCC2=C2CC[C@@]3(C)[C@@H](CC[C@@]3(O)C(F)(F)C(F)(F)F)[C@@H]21. The number of hydrogen-bond donors (Lipinski definition) is 1. The fourth-order valence-corrected chi connectivity index (χ4v) is 6.67. The number of alkyl halides is 5. The Kier molecular flexibility index (Phi) is 4.22. The summed E-state index contributed by atoms with van der Waals surface area (Å²) in [7, 11) is 0. The van der Waals surface area contributed by atoms with Gasteiger partial charge in [0.1, 0.15) is 5.60 Å². The lowest BCUT2D eigenvalue weighted by Crippen LogP contribution is -2.65. The summed E-state index contributed by atoms with van der Waals surface area (Å²) in [6, 6.07) is 0. The van der Waals surface area contributed by atoms with Crippen LogP contribution in [0, 0.1) is 23.2 Å². The van der Waals surface area contributed by atoms with Crippen LogP contribution in [0.3, 0.4) is 0 Å². The zero-order valence-corrected chi connectivity index (χ0v) is 16.0. The molecule has 0 bridgehead atoms. The van der Waals surface area contributed by atoms with Gasteiger partial charge in [-0.05, 0) is 73.5 Å². The first kappa shape index (κ1) is 20.0. The maximum atomic E-state index is 14.4. The Morgan fingerprint density at radius 2 is 1.79 bits per heavy atom. The molecule has 4 aliphatic rings. The van der Waals surface area contributed by atoms with Crippen LogP contribution in [0.2, 0.25) is 0 Å². The van der Waals surface area contributed by atoms with E-state index in [2.05, 4.69) is 0 Å². The molecule has 0 aromatic heterocycles. The molecule has 0 unspecified atom stereocenters. The van der Waals surface area contributed by atoms with Crippen LogP contribution < -0.4 is 0 Å². The fraction of sp³-hybridized carbons (Fsp3) is 0.762. The van der Waals surface area contributed by atoms with E-state index in [0.717, 1.165) is 16.7 Å². The molecule has 2 nitrogen and oxygen atoms in total. The van der Waals surface area contributed by atoms with Gasteiger partial charge >= 0.3 is 12.1 Å². The van der Waals surface area contributed by atoms with Gasteiger partial charge in [-0.1, -0.05) is 19.4 Å². The third-order valence-corrected chi connectivity index (χ3v) is 8.09. The van der Waals surface area contributed by atoms with Gasteiger partial charge in [-0.2, -0.15) is 22.0 Å². The smallest absolute Gasteiger partial charge is 0.383 e. The molecular weight excluding hydrogens is 379 g/mol. The molecule has 1 N–H and O–H groups in total. The molecule has 156 valence electrons. The van der Waals surface area contributed by atoms with Crippen LogP contribution in [-0.2, 0) is 4.79 Å². The van der Waals surface area contributed by atoms with E-state index in [1.807, 2.05) is 6.92 Å². The minimum atomic E-state index is -5.78. The number of allylic oxidation sites excluding steroid dienone is 4. The molecule has 28 heavy (non-hydrogen) atoms. The third kappa shape index (κ3) is 2.37. The van der Waals surface area contributed by atoms with Gasteiger partial charge in [0, 0.05) is 11.8 Å². The molecule has 0 aliphatic heterocycles. The molecule has 2 saturated carbocycles. The molecule has 0 saturated heterocycles. The van der Waals surface area contributed by atoms with Crippen LogP contribution in [-0.4, -0.2) is 28.6 Å². The highest BCUT2D eigenvalue weighted by atomic mass is 19.4. The van der Waals surface area contributed by atoms with Crippen molar-refractivity contribution in [1.82, 2.24) is 0 Å². The van der Waals surface area contributed by atoms with Crippen LogP contribution in [0.1, 0.15) is 58.8 Å². The van der Waals surface area contributed by atoms with E-state index in [9.17, 15) is 31.9 Å². The van der Waals surface area contributed by atoms with Crippen molar-refractivity contribution in [3.63, 3.8) is 0 Å². The normalized spacial score (nSPS) is 41.4. The summed E-state index contributed by atoms with van der Waals surface area (Å²) in [6.07, 6.45) is -2.32. The van der Waals surface area contributed by atoms with Gasteiger partial charge < -0.3 is 5.11 Å². The largest absolute Gasteiger partial charge is 0.456 e. The molecule has 2 fully saturated rings. The maximum Gasteiger partial charge on any atom is 0.456 e. The number of carbonyl (C=O) groups is 1. The van der Waals surface area contributed by atoms with E-state index in [1.165, 1.54) is 6.92 Å². The molecule has 5 atom stereocenters. The Bertz CT molecular complexity index is 780. The van der Waals surface area contributed by atoms with Gasteiger partial charge in [0.25, 0.3) is 0 Å². The highest BCUT2D eigenvalue weighted by molar-refractivity contribution is 5.93. The maximum absolute atomic E-state index is 14.4. The molecule has 0 heterocycles. The number of ketones is 1. The average Bonchev–Trinajstić information content (AvgIpc) is 2.86. The average molecular weight is 404 g/mol. The predicted octanol–water partition coefficient (Wildman–Crippen LogP) is 5.37. The number of fused-ring (bicyclic) bond motifs is 4. The first-order chi connectivity index (χ1) is 12.8. The topological polar surface area (TPSA) is 37.3 Å². The summed E-state index contributed by atoms with van der Waals surface area (Å²) >= 11 is 0. The predicted molar refractivity (Wildman–Crippen MR) is 92.6 cm³/mol. The van der Waals surface area contributed by atoms with E-state index in [0.29, 0.717) is 25.7 Å². The molecule has 4 rings (SSSR count). The highest BCUT2D eigenvalue weighted by Gasteiger charge is 2.78. The molecule has 0 aromatic carbocycles. The third-order valence-electron chi connectivity index (χ3n) is 8.09. The molecule has 0 radical (unpaired) electrons. The quantitative estimate of drug-likeness (QED) is 0.597. The second-order valence-corrected chi connectivity index (χ2v) is 9.34. The Hall–Kier alpha value is -1.24. The Morgan fingerprint density at radius 3 is 2.43 bits per heavy atom. The number of hydrogen-bond acceptors (Lipinski definition) is 2. The van der Waals surface area contributed by atoms with Gasteiger partial charge in [-0.25, -0.2) is 0 Å². The molecule has 0 aromatic rings. The molecule has 7 heteroatoms. The van der Waals surface area contributed by atoms with Crippen LogP contribution in [0.25, 0.3) is 0 Å². The summed E-state index contributed by atoms with van der Waals surface area (Å²) < 4.78 is 68.4. The standard InChI is InChI=1S/C21H25F5O2/c1-11-9-12-10-13(27)3-4-14(12)15-5-7-18(2)16(17(11)15)6-8-19(18,28)20(22,23)21(24,25)26/h10-11,16-17,28H,3-9H2,1-2H3/t11-,16+,17-,18+,19+/m1/s1. The summed E-state index contributed by atoms with van der Waals surface area (Å²) in [5.74, 6) is -5.55. The second-order valence-electron chi connectivity index (χ2n) is 9.34. The van der Waals surface area contributed by atoms with Crippen molar-refractivity contribution in [1.29, 1.82) is 0 Å². The lowest BCUT2D eigenvalue weighted by molar-refractivity contribution is -0.362. The van der Waals surface area contributed by atoms with Gasteiger partial charge in [0.2, 0.25) is 0 Å². The van der Waals surface area contributed by atoms with Crippen molar-refractivity contribution >= 4 is 5.78 Å². The molecular formula is C21H25F5O2. The van der Waals surface area contributed by atoms with Gasteiger partial charge in [0.05, 0.1) is 0 Å². The Morgan fingerprint density at radius 1 is 1.11 bits per heavy atom. The Balaban J connectivity index is 1.78. The van der Waals surface area contributed by atoms with Crippen LogP contribution in [0.4, 0.5) is 22.0 Å². The first-order valence-electron chi connectivity index (χ1n) is 9.96. The fourth-order valence-electron chi connectivity index (χ4n) is 6.67. The van der Waals surface area contributed by atoms with Gasteiger partial charge in [-0.3, -0.25) is 4.79 Å². The van der Waals surface area contributed by atoms with Crippen molar-refractivity contribution in [3.8, 4) is 0 Å². The Labute approximate surface area is 160 Å². The summed E-state index contributed by atoms with van der Waals surface area (Å²) in [5, 5.41) is 10.8. The zero-order chi connectivity index (χ0) is 20.7. The monoisotopic (exact) mass is 404 g/mol. The molecule has 0 amide bonds. The van der Waals surface area contributed by atoms with Crippen LogP contribution >= 0.6 is 0 Å². The van der Waals surface area contributed by atoms with Crippen LogP contribution in [0.15, 0.2) is 22.8 Å². The minimum absolute atomic E-state index is 0.0439. The second kappa shape index (κ2) is 5.89. The lowest BCUT2D eigenvalue weighted by Gasteiger charge is -2.54. The minimum Gasteiger partial charge on any atom is -0.383 e. The summed E-state index contributed by atoms with van der Waals surface area (Å²) in [5.41, 5.74) is -1.34. The number of rotatable bonds is 1. The van der Waals surface area contributed by atoms with Gasteiger partial charge in [-0.15, -0.1) is 0 Å². The molecule has 0 spiro atoms. The zero-order valence-electron chi connectivity index (χ0n) is 16.0. The van der Waals surface area contributed by atoms with E-state index >= 15 is 0 Å². The molecule has 4 aliphatic carbocycles. The van der Waals surface area contributed by atoms with Crippen molar-refractivity contribution in [3.05, 3.63) is 22.8 Å². The van der Waals surface area contributed by atoms with Crippen molar-refractivity contribution < 1.29 is 31.9 Å². The summed E-state index contributed by atoms with van der Waals surface area (Å²) in [4.78, 5) is 11.8. The van der Waals surface area contributed by atoms with E-state index < -0.39 is 35.5 Å². The van der Waals surface area contributed by atoms with Crippen molar-refractivity contribution in [2.45, 2.75) is 76.5 Å². The summed E-state index contributed by atoms with van der Waals surface area (Å²) in [6.45, 7) is 3.40. The number of halogens is 5. The van der Waals surface area contributed by atoms with E-state index in [1.54, 1.807) is 6.08 Å². The van der Waals surface area contributed by atoms with E-state index in [-0.39, 0.29) is 30.5 Å². The van der Waals surface area contributed by atoms with E-state index in [4.69, 9.17) is 0 Å². The van der Waals surface area contributed by atoms with Crippen LogP contribution in [0.5, 0.6) is 0 Å². The number of aliphatic hydroxyl groups is 1. The van der Waals surface area contributed by atoms with Crippen molar-refractivity contribution in [2.75, 3.05) is 0 Å². The van der Waals surface area contributed by atoms with Gasteiger partial charge in [0.15, 0.2) is 5.78 Å². The van der Waals surface area contributed by atoms with Crippen molar-refractivity contribution in [2.24, 2.45) is 23.2 Å². The highest BCUT2D eigenvalue weighted by Crippen LogP contribution is 2.68. The number of carbonyl (C=O) groups excluding carboxylic acids is 1. The lowest BCUT2D eigenvalue weighted by atomic mass is 9.52.